The average Bonchev–Trinajstić information content (AvgIpc) is 1.99. The van der Waals surface area contributed by atoms with E-state index in [2.05, 4.69) is 19.6 Å². The van der Waals surface area contributed by atoms with Gasteiger partial charge in [0.05, 0.1) is 0 Å². The van der Waals surface area contributed by atoms with Gasteiger partial charge >= 0.3 is 9.28 Å². The zero-order valence-electron chi connectivity index (χ0n) is 6.83. The van der Waals surface area contributed by atoms with Crippen LogP contribution in [0.15, 0.2) is 0 Å². The second kappa shape index (κ2) is 6.21. The number of hydrogen-bond donors (Lipinski definition) is 1. The summed E-state index contributed by atoms with van der Waals surface area (Å²) in [6.45, 7) is 2.12. The zero-order valence-corrected chi connectivity index (χ0v) is 8.88. The summed E-state index contributed by atoms with van der Waals surface area (Å²) >= 11 is 4.35. The number of rotatable bonds is 5. The minimum absolute atomic E-state index is 0.441. The second-order valence-corrected chi connectivity index (χ2v) is 5.20. The summed E-state index contributed by atoms with van der Waals surface area (Å²) in [5.41, 5.74) is 0. The van der Waals surface area contributed by atoms with Crippen molar-refractivity contribution in [3.63, 3.8) is 0 Å². The molecule has 0 aliphatic heterocycles. The Morgan fingerprint density at radius 1 is 1.40 bits per heavy atom. The van der Waals surface area contributed by atoms with Crippen LogP contribution < -0.4 is 0 Å². The molecule has 0 aromatic heterocycles. The van der Waals surface area contributed by atoms with Crippen molar-refractivity contribution in [2.75, 3.05) is 14.2 Å². The maximum atomic E-state index is 5.14. The molecule has 0 fully saturated rings. The Hall–Kier alpha value is 0.487. The molecule has 0 spiro atoms. The Kier molecular flexibility index (Phi) is 6.52. The lowest BCUT2D eigenvalue weighted by atomic mass is 10.4. The van der Waals surface area contributed by atoms with E-state index >= 15 is 0 Å². The van der Waals surface area contributed by atoms with E-state index < -0.39 is 9.28 Å². The molecule has 4 heteroatoms. The van der Waals surface area contributed by atoms with Crippen molar-refractivity contribution in [2.45, 2.75) is 24.6 Å². The minimum Gasteiger partial charge on any atom is -0.400 e. The lowest BCUT2D eigenvalue weighted by molar-refractivity contribution is 0.277. The number of hydrogen-bond acceptors (Lipinski definition) is 3. The van der Waals surface area contributed by atoms with E-state index in [1.165, 1.54) is 0 Å². The Balaban J connectivity index is 3.41. The fourth-order valence-corrected chi connectivity index (χ4v) is 2.55. The van der Waals surface area contributed by atoms with Gasteiger partial charge < -0.3 is 8.85 Å². The highest BCUT2D eigenvalue weighted by Crippen LogP contribution is 2.09. The molecule has 0 amide bonds. The summed E-state index contributed by atoms with van der Waals surface area (Å²) in [7, 11) is 2.07. The first-order valence-corrected chi connectivity index (χ1v) is 5.75. The third-order valence-corrected chi connectivity index (χ3v) is 4.44. The van der Waals surface area contributed by atoms with Crippen molar-refractivity contribution >= 4 is 21.9 Å². The first-order valence-electron chi connectivity index (χ1n) is 3.48. The third kappa shape index (κ3) is 4.33. The zero-order chi connectivity index (χ0) is 7.98. The Labute approximate surface area is 70.2 Å². The summed E-state index contributed by atoms with van der Waals surface area (Å²) in [5, 5.41) is 0.441. The van der Waals surface area contributed by atoms with E-state index in [0.717, 1.165) is 12.5 Å². The van der Waals surface area contributed by atoms with Crippen molar-refractivity contribution in [1.29, 1.82) is 0 Å². The molecule has 0 rings (SSSR count). The molecule has 10 heavy (non-hydrogen) atoms. The van der Waals surface area contributed by atoms with Gasteiger partial charge in [0.15, 0.2) is 0 Å². The maximum Gasteiger partial charge on any atom is 0.321 e. The van der Waals surface area contributed by atoms with Crippen LogP contribution in [0.25, 0.3) is 0 Å². The van der Waals surface area contributed by atoms with Crippen LogP contribution in [0.2, 0.25) is 6.04 Å². The van der Waals surface area contributed by atoms with Crippen molar-refractivity contribution < 1.29 is 8.85 Å². The summed E-state index contributed by atoms with van der Waals surface area (Å²) < 4.78 is 10.3. The molecule has 0 heterocycles. The van der Waals surface area contributed by atoms with Crippen LogP contribution in [0.3, 0.4) is 0 Å². The van der Waals surface area contributed by atoms with Crippen LogP contribution >= 0.6 is 12.6 Å². The monoisotopic (exact) mass is 180 g/mol. The molecule has 0 radical (unpaired) electrons. The van der Waals surface area contributed by atoms with Crippen molar-refractivity contribution in [2.24, 2.45) is 0 Å². The van der Waals surface area contributed by atoms with Gasteiger partial charge in [0.25, 0.3) is 0 Å². The fourth-order valence-electron chi connectivity index (χ4n) is 0.677. The van der Waals surface area contributed by atoms with Gasteiger partial charge in [-0.1, -0.05) is 6.92 Å². The second-order valence-electron chi connectivity index (χ2n) is 2.20. The molecule has 1 unspecified atom stereocenters. The Morgan fingerprint density at radius 3 is 2.20 bits per heavy atom. The SMILES string of the molecule is CCC(S)C[SiH](OC)OC. The summed E-state index contributed by atoms with van der Waals surface area (Å²) in [5.74, 6) is 0. The lowest BCUT2D eigenvalue weighted by Gasteiger charge is -2.13. The van der Waals surface area contributed by atoms with Gasteiger partial charge in [-0.25, -0.2) is 0 Å². The molecule has 2 nitrogen and oxygen atoms in total. The standard InChI is InChI=1S/C6H16O2SSi/c1-4-6(9)5-10(7-2)8-3/h6,9-10H,4-5H2,1-3H3. The predicted octanol–water partition coefficient (Wildman–Crippen LogP) is 1.21. The highest BCUT2D eigenvalue weighted by atomic mass is 32.1. The molecule has 0 N–H and O–H groups in total. The van der Waals surface area contributed by atoms with Gasteiger partial charge in [0, 0.05) is 19.5 Å². The Bertz CT molecular complexity index is 78.1. The highest BCUT2D eigenvalue weighted by molar-refractivity contribution is 7.81. The van der Waals surface area contributed by atoms with Gasteiger partial charge in [0.1, 0.15) is 0 Å². The predicted molar refractivity (Wildman–Crippen MR) is 49.0 cm³/mol. The van der Waals surface area contributed by atoms with E-state index in [1.807, 2.05) is 0 Å². The minimum atomic E-state index is -1.34. The highest BCUT2D eigenvalue weighted by Gasteiger charge is 2.13. The van der Waals surface area contributed by atoms with Gasteiger partial charge in [0.2, 0.25) is 0 Å². The van der Waals surface area contributed by atoms with E-state index in [0.29, 0.717) is 5.25 Å². The normalized spacial score (nSPS) is 14.1. The first-order chi connectivity index (χ1) is 4.74. The first kappa shape index (κ1) is 10.5. The van der Waals surface area contributed by atoms with E-state index in [9.17, 15) is 0 Å². The Morgan fingerprint density at radius 2 is 1.90 bits per heavy atom. The summed E-state index contributed by atoms with van der Waals surface area (Å²) in [6, 6.07) is 0.993. The quantitative estimate of drug-likeness (QED) is 0.506. The van der Waals surface area contributed by atoms with Gasteiger partial charge in [-0.2, -0.15) is 12.6 Å². The van der Waals surface area contributed by atoms with Gasteiger partial charge in [-0.15, -0.1) is 0 Å². The van der Waals surface area contributed by atoms with Crippen LogP contribution in [0, 0.1) is 0 Å². The molecule has 0 aliphatic rings. The largest absolute Gasteiger partial charge is 0.400 e. The van der Waals surface area contributed by atoms with Gasteiger partial charge in [-0.05, 0) is 12.5 Å². The van der Waals surface area contributed by atoms with Crippen molar-refractivity contribution in [3.05, 3.63) is 0 Å². The molecule has 0 bridgehead atoms. The van der Waals surface area contributed by atoms with Crippen LogP contribution in [0.4, 0.5) is 0 Å². The smallest absolute Gasteiger partial charge is 0.321 e. The van der Waals surface area contributed by atoms with Crippen LogP contribution in [-0.4, -0.2) is 28.8 Å². The average molecular weight is 180 g/mol. The van der Waals surface area contributed by atoms with E-state index in [1.54, 1.807) is 14.2 Å². The maximum absolute atomic E-state index is 5.14. The summed E-state index contributed by atoms with van der Waals surface area (Å²) in [6.07, 6.45) is 1.08. The fraction of sp³-hybridized carbons (Fsp3) is 1.00. The van der Waals surface area contributed by atoms with E-state index in [4.69, 9.17) is 8.85 Å². The molecule has 62 valence electrons. The molecule has 0 aliphatic carbocycles. The van der Waals surface area contributed by atoms with Crippen LogP contribution in [0.1, 0.15) is 13.3 Å². The topological polar surface area (TPSA) is 18.5 Å². The van der Waals surface area contributed by atoms with Crippen LogP contribution in [-0.2, 0) is 8.85 Å². The molecule has 0 aromatic carbocycles. The van der Waals surface area contributed by atoms with Gasteiger partial charge in [-0.3, -0.25) is 0 Å². The van der Waals surface area contributed by atoms with Crippen molar-refractivity contribution in [1.82, 2.24) is 0 Å². The molecule has 1 atom stereocenters. The molecular formula is C6H16O2SSi. The van der Waals surface area contributed by atoms with Crippen LogP contribution in [0.5, 0.6) is 0 Å². The van der Waals surface area contributed by atoms with Crippen molar-refractivity contribution in [3.8, 4) is 0 Å². The third-order valence-electron chi connectivity index (χ3n) is 1.46. The summed E-state index contributed by atoms with van der Waals surface area (Å²) in [4.78, 5) is 0. The molecule has 0 saturated heterocycles. The lowest BCUT2D eigenvalue weighted by Crippen LogP contribution is -2.22. The molecular weight excluding hydrogens is 164 g/mol. The van der Waals surface area contributed by atoms with E-state index in [-0.39, 0.29) is 0 Å². The molecule has 0 saturated carbocycles. The molecule has 0 aromatic rings. The number of thiol groups is 1.